The highest BCUT2D eigenvalue weighted by Gasteiger charge is 2.19. The molecule has 1 N–H and O–H groups in total. The van der Waals surface area contributed by atoms with Crippen LogP contribution in [0.1, 0.15) is 46.5 Å². The van der Waals surface area contributed by atoms with E-state index in [4.69, 9.17) is 4.74 Å². The largest absolute Gasteiger partial charge is 0.466 e. The van der Waals surface area contributed by atoms with Crippen molar-refractivity contribution in [2.24, 2.45) is 5.41 Å². The lowest BCUT2D eigenvalue weighted by Crippen LogP contribution is -2.26. The lowest BCUT2D eigenvalue weighted by Gasteiger charge is -2.18. The van der Waals surface area contributed by atoms with Gasteiger partial charge in [0.05, 0.1) is 13.0 Å². The van der Waals surface area contributed by atoms with Crippen LogP contribution in [0.5, 0.6) is 0 Å². The number of carbonyl (C=O) groups excluding carboxylic acids is 1. The van der Waals surface area contributed by atoms with Crippen molar-refractivity contribution in [1.82, 2.24) is 5.32 Å². The average molecular weight is 213 g/mol. The molecule has 0 aromatic rings. The van der Waals surface area contributed by atoms with E-state index in [0.29, 0.717) is 19.1 Å². The summed E-state index contributed by atoms with van der Waals surface area (Å²) in [6.45, 7) is 8.05. The van der Waals surface area contributed by atoms with E-state index < -0.39 is 0 Å². The average Bonchev–Trinajstić information content (AvgIpc) is 2.54. The van der Waals surface area contributed by atoms with Gasteiger partial charge in [0, 0.05) is 6.04 Å². The van der Waals surface area contributed by atoms with Crippen LogP contribution in [0.2, 0.25) is 0 Å². The van der Waals surface area contributed by atoms with Crippen molar-refractivity contribution >= 4 is 5.97 Å². The maximum atomic E-state index is 11.4. The summed E-state index contributed by atoms with van der Waals surface area (Å²) in [6.07, 6.45) is 3.75. The molecule has 1 rings (SSSR count). The molecule has 1 fully saturated rings. The Morgan fingerprint density at radius 3 is 2.73 bits per heavy atom. The molecule has 15 heavy (non-hydrogen) atoms. The summed E-state index contributed by atoms with van der Waals surface area (Å²) in [5, 5.41) is 3.29. The Hall–Kier alpha value is -0.570. The molecule has 1 saturated heterocycles. The minimum absolute atomic E-state index is 0.0568. The van der Waals surface area contributed by atoms with Gasteiger partial charge >= 0.3 is 5.97 Å². The van der Waals surface area contributed by atoms with Crippen molar-refractivity contribution in [3.63, 3.8) is 0 Å². The van der Waals surface area contributed by atoms with E-state index in [2.05, 4.69) is 26.1 Å². The summed E-state index contributed by atoms with van der Waals surface area (Å²) in [4.78, 5) is 11.4. The summed E-state index contributed by atoms with van der Waals surface area (Å²) in [5.74, 6) is -0.0568. The molecule has 88 valence electrons. The molecule has 1 aliphatic rings. The Bertz CT molecular complexity index is 202. The Morgan fingerprint density at radius 1 is 1.47 bits per heavy atom. The van der Waals surface area contributed by atoms with Crippen LogP contribution in [0, 0.1) is 5.41 Å². The van der Waals surface area contributed by atoms with Crippen molar-refractivity contribution in [1.29, 1.82) is 0 Å². The molecule has 0 aromatic carbocycles. The quantitative estimate of drug-likeness (QED) is 0.727. The zero-order valence-corrected chi connectivity index (χ0v) is 10.1. The Labute approximate surface area is 92.6 Å². The minimum atomic E-state index is -0.0568. The fraction of sp³-hybridized carbons (Fsp3) is 0.917. The normalized spacial score (nSPS) is 21.7. The molecule has 0 amide bonds. The van der Waals surface area contributed by atoms with E-state index in [9.17, 15) is 4.79 Å². The van der Waals surface area contributed by atoms with Gasteiger partial charge in [0.2, 0.25) is 0 Å². The summed E-state index contributed by atoms with van der Waals surface area (Å²) < 4.78 is 5.20. The molecule has 0 radical (unpaired) electrons. The molecule has 1 heterocycles. The molecule has 0 bridgehead atoms. The first-order valence-corrected chi connectivity index (χ1v) is 5.86. The summed E-state index contributed by atoms with van der Waals surface area (Å²) >= 11 is 0. The van der Waals surface area contributed by atoms with Crippen molar-refractivity contribution in [3.8, 4) is 0 Å². The second-order valence-corrected chi connectivity index (χ2v) is 5.53. The number of ether oxygens (including phenoxy) is 1. The van der Waals surface area contributed by atoms with Gasteiger partial charge in [0.15, 0.2) is 0 Å². The van der Waals surface area contributed by atoms with E-state index in [1.807, 2.05) is 0 Å². The molecule has 1 unspecified atom stereocenters. The zero-order chi connectivity index (χ0) is 11.3. The van der Waals surface area contributed by atoms with Gasteiger partial charge in [-0.25, -0.2) is 0 Å². The zero-order valence-electron chi connectivity index (χ0n) is 10.1. The number of rotatable bonds is 4. The van der Waals surface area contributed by atoms with Gasteiger partial charge in [0.1, 0.15) is 0 Å². The second kappa shape index (κ2) is 5.50. The molecule has 1 atom stereocenters. The smallest absolute Gasteiger partial charge is 0.307 e. The van der Waals surface area contributed by atoms with Crippen LogP contribution in [-0.2, 0) is 9.53 Å². The van der Waals surface area contributed by atoms with Crippen LogP contribution < -0.4 is 5.32 Å². The number of hydrogen-bond acceptors (Lipinski definition) is 3. The Balaban J connectivity index is 2.08. The topological polar surface area (TPSA) is 38.3 Å². The Kier molecular flexibility index (Phi) is 4.58. The molecule has 0 aromatic heterocycles. The van der Waals surface area contributed by atoms with Crippen LogP contribution in [0.15, 0.2) is 0 Å². The third-order valence-corrected chi connectivity index (χ3v) is 2.69. The third kappa shape index (κ3) is 5.78. The maximum Gasteiger partial charge on any atom is 0.307 e. The van der Waals surface area contributed by atoms with Gasteiger partial charge in [-0.2, -0.15) is 0 Å². The minimum Gasteiger partial charge on any atom is -0.466 e. The van der Waals surface area contributed by atoms with Crippen LogP contribution in [0.3, 0.4) is 0 Å². The van der Waals surface area contributed by atoms with Gasteiger partial charge in [-0.15, -0.1) is 0 Å². The number of carbonyl (C=O) groups is 1. The highest BCUT2D eigenvalue weighted by atomic mass is 16.5. The summed E-state index contributed by atoms with van der Waals surface area (Å²) in [6, 6.07) is 0.354. The van der Waals surface area contributed by atoms with E-state index in [1.54, 1.807) is 0 Å². The molecule has 0 spiro atoms. The van der Waals surface area contributed by atoms with Gasteiger partial charge in [-0.1, -0.05) is 20.8 Å². The van der Waals surface area contributed by atoms with E-state index in [0.717, 1.165) is 19.4 Å². The maximum absolute atomic E-state index is 11.4. The van der Waals surface area contributed by atoms with Crippen LogP contribution in [0.4, 0.5) is 0 Å². The molecule has 3 heteroatoms. The SMILES string of the molecule is CC(C)(C)CCOC(=O)CC1CCCN1. The first-order chi connectivity index (χ1) is 6.97. The van der Waals surface area contributed by atoms with Crippen molar-refractivity contribution < 1.29 is 9.53 Å². The third-order valence-electron chi connectivity index (χ3n) is 2.69. The first-order valence-electron chi connectivity index (χ1n) is 5.86. The van der Waals surface area contributed by atoms with Crippen LogP contribution >= 0.6 is 0 Å². The molecule has 0 aliphatic carbocycles. The molecular formula is C12H23NO2. The standard InChI is InChI=1S/C12H23NO2/c1-12(2,3)6-8-15-11(14)9-10-5-4-7-13-10/h10,13H,4-9H2,1-3H3. The van der Waals surface area contributed by atoms with E-state index >= 15 is 0 Å². The summed E-state index contributed by atoms with van der Waals surface area (Å²) in [5.41, 5.74) is 0.242. The second-order valence-electron chi connectivity index (χ2n) is 5.53. The van der Waals surface area contributed by atoms with Crippen molar-refractivity contribution in [3.05, 3.63) is 0 Å². The van der Waals surface area contributed by atoms with E-state index in [-0.39, 0.29) is 11.4 Å². The van der Waals surface area contributed by atoms with Gasteiger partial charge in [0.25, 0.3) is 0 Å². The molecule has 3 nitrogen and oxygen atoms in total. The molecular weight excluding hydrogens is 190 g/mol. The van der Waals surface area contributed by atoms with Crippen LogP contribution in [-0.4, -0.2) is 25.2 Å². The predicted molar refractivity (Wildman–Crippen MR) is 60.7 cm³/mol. The lowest BCUT2D eigenvalue weighted by molar-refractivity contribution is -0.144. The van der Waals surface area contributed by atoms with Gasteiger partial charge < -0.3 is 10.1 Å². The van der Waals surface area contributed by atoms with Gasteiger partial charge in [-0.05, 0) is 31.2 Å². The Morgan fingerprint density at radius 2 is 2.20 bits per heavy atom. The molecule has 1 aliphatic heterocycles. The monoisotopic (exact) mass is 213 g/mol. The fourth-order valence-corrected chi connectivity index (χ4v) is 1.66. The number of esters is 1. The molecule has 0 saturated carbocycles. The first kappa shape index (κ1) is 12.5. The lowest BCUT2D eigenvalue weighted by atomic mass is 9.93. The van der Waals surface area contributed by atoms with Crippen molar-refractivity contribution in [2.75, 3.05) is 13.2 Å². The summed E-state index contributed by atoms with van der Waals surface area (Å²) in [7, 11) is 0. The number of hydrogen-bond donors (Lipinski definition) is 1. The van der Waals surface area contributed by atoms with E-state index in [1.165, 1.54) is 6.42 Å². The fourth-order valence-electron chi connectivity index (χ4n) is 1.66. The van der Waals surface area contributed by atoms with Gasteiger partial charge in [-0.3, -0.25) is 4.79 Å². The number of nitrogens with one attached hydrogen (secondary N) is 1. The van der Waals surface area contributed by atoms with Crippen LogP contribution in [0.25, 0.3) is 0 Å². The van der Waals surface area contributed by atoms with Crippen molar-refractivity contribution in [2.45, 2.75) is 52.5 Å². The highest BCUT2D eigenvalue weighted by Crippen LogP contribution is 2.18. The highest BCUT2D eigenvalue weighted by molar-refractivity contribution is 5.70. The predicted octanol–water partition coefficient (Wildman–Crippen LogP) is 2.11.